The van der Waals surface area contributed by atoms with Gasteiger partial charge in [0.25, 0.3) is 0 Å². The zero-order valence-corrected chi connectivity index (χ0v) is 11.8. The Morgan fingerprint density at radius 2 is 2.21 bits per heavy atom. The summed E-state index contributed by atoms with van der Waals surface area (Å²) in [7, 11) is 3.71. The van der Waals surface area contributed by atoms with Gasteiger partial charge in [0.15, 0.2) is 0 Å². The normalized spacial score (nSPS) is 23.1. The van der Waals surface area contributed by atoms with E-state index in [9.17, 15) is 5.11 Å². The number of aliphatic hydroxyl groups is 1. The molecule has 1 N–H and O–H groups in total. The standard InChI is InChI=1S/C15H23NO3/c1-16(13-6-3-4-7-14(13)18-2)10-15(11-17)8-5-9-19-12-15/h3-4,6-7,17H,5,8-12H2,1-2H3. The van der Waals surface area contributed by atoms with Gasteiger partial charge in [-0.3, -0.25) is 0 Å². The second-order valence-corrected chi connectivity index (χ2v) is 5.34. The Morgan fingerprint density at radius 1 is 1.42 bits per heavy atom. The maximum Gasteiger partial charge on any atom is 0.142 e. The predicted molar refractivity (Wildman–Crippen MR) is 75.8 cm³/mol. The molecular weight excluding hydrogens is 242 g/mol. The molecule has 0 saturated carbocycles. The molecule has 1 fully saturated rings. The summed E-state index contributed by atoms with van der Waals surface area (Å²) in [6.45, 7) is 2.36. The number of aliphatic hydroxyl groups excluding tert-OH is 1. The average Bonchev–Trinajstić information content (AvgIpc) is 2.48. The minimum atomic E-state index is -0.159. The second kappa shape index (κ2) is 6.26. The zero-order valence-electron chi connectivity index (χ0n) is 11.8. The first-order valence-electron chi connectivity index (χ1n) is 6.73. The highest BCUT2D eigenvalue weighted by Crippen LogP contribution is 2.33. The van der Waals surface area contributed by atoms with Gasteiger partial charge < -0.3 is 19.5 Å². The monoisotopic (exact) mass is 265 g/mol. The molecule has 1 atom stereocenters. The summed E-state index contributed by atoms with van der Waals surface area (Å²) >= 11 is 0. The summed E-state index contributed by atoms with van der Waals surface area (Å²) in [6, 6.07) is 7.95. The van der Waals surface area contributed by atoms with Crippen molar-refractivity contribution in [3.05, 3.63) is 24.3 Å². The van der Waals surface area contributed by atoms with Crippen LogP contribution in [0.2, 0.25) is 0 Å². The number of benzene rings is 1. The van der Waals surface area contributed by atoms with E-state index in [4.69, 9.17) is 9.47 Å². The lowest BCUT2D eigenvalue weighted by atomic mass is 9.83. The largest absolute Gasteiger partial charge is 0.495 e. The molecule has 0 aliphatic carbocycles. The van der Waals surface area contributed by atoms with E-state index in [0.29, 0.717) is 6.61 Å². The Kier molecular flexibility index (Phi) is 4.66. The van der Waals surface area contributed by atoms with Crippen LogP contribution in [0.15, 0.2) is 24.3 Å². The average molecular weight is 265 g/mol. The molecule has 1 aliphatic heterocycles. The fourth-order valence-electron chi connectivity index (χ4n) is 2.74. The van der Waals surface area contributed by atoms with Crippen LogP contribution in [0.4, 0.5) is 5.69 Å². The van der Waals surface area contributed by atoms with E-state index < -0.39 is 0 Å². The van der Waals surface area contributed by atoms with Crippen molar-refractivity contribution in [3.8, 4) is 5.75 Å². The molecule has 1 aromatic rings. The van der Waals surface area contributed by atoms with Crippen molar-refractivity contribution in [2.24, 2.45) is 5.41 Å². The molecule has 1 heterocycles. The van der Waals surface area contributed by atoms with Crippen molar-refractivity contribution >= 4 is 5.69 Å². The zero-order chi connectivity index (χ0) is 13.7. The Hall–Kier alpha value is -1.26. The molecule has 19 heavy (non-hydrogen) atoms. The molecule has 4 nitrogen and oxygen atoms in total. The van der Waals surface area contributed by atoms with E-state index in [1.54, 1.807) is 7.11 Å². The van der Waals surface area contributed by atoms with Crippen LogP contribution in [0.25, 0.3) is 0 Å². The SMILES string of the molecule is COc1ccccc1N(C)CC1(CO)CCCOC1. The number of methoxy groups -OCH3 is 1. The highest BCUT2D eigenvalue weighted by atomic mass is 16.5. The number of para-hydroxylation sites is 2. The molecule has 0 amide bonds. The van der Waals surface area contributed by atoms with Crippen LogP contribution < -0.4 is 9.64 Å². The maximum atomic E-state index is 9.73. The van der Waals surface area contributed by atoms with Gasteiger partial charge in [-0.2, -0.15) is 0 Å². The summed E-state index contributed by atoms with van der Waals surface area (Å²) in [6.07, 6.45) is 2.02. The summed E-state index contributed by atoms with van der Waals surface area (Å²) < 4.78 is 10.9. The van der Waals surface area contributed by atoms with E-state index in [2.05, 4.69) is 4.90 Å². The molecule has 1 aromatic carbocycles. The smallest absolute Gasteiger partial charge is 0.142 e. The molecule has 0 aromatic heterocycles. The highest BCUT2D eigenvalue weighted by molar-refractivity contribution is 5.58. The lowest BCUT2D eigenvalue weighted by Gasteiger charge is -2.39. The minimum Gasteiger partial charge on any atom is -0.495 e. The molecule has 1 unspecified atom stereocenters. The lowest BCUT2D eigenvalue weighted by Crippen LogP contribution is -2.44. The Labute approximate surface area is 114 Å². The Morgan fingerprint density at radius 3 is 2.84 bits per heavy atom. The highest BCUT2D eigenvalue weighted by Gasteiger charge is 2.34. The van der Waals surface area contributed by atoms with E-state index >= 15 is 0 Å². The van der Waals surface area contributed by atoms with Gasteiger partial charge in [0, 0.05) is 25.6 Å². The lowest BCUT2D eigenvalue weighted by molar-refractivity contribution is -0.0331. The first-order valence-corrected chi connectivity index (χ1v) is 6.73. The van der Waals surface area contributed by atoms with Crippen molar-refractivity contribution in [1.29, 1.82) is 0 Å². The molecule has 1 saturated heterocycles. The van der Waals surface area contributed by atoms with Crippen LogP contribution in [0.5, 0.6) is 5.75 Å². The molecule has 0 spiro atoms. The predicted octanol–water partition coefficient (Wildman–Crippen LogP) is 1.92. The number of rotatable bonds is 5. The minimum absolute atomic E-state index is 0.159. The van der Waals surface area contributed by atoms with Crippen LogP contribution in [0, 0.1) is 5.41 Å². The van der Waals surface area contributed by atoms with Crippen molar-refractivity contribution in [3.63, 3.8) is 0 Å². The number of hydrogen-bond donors (Lipinski definition) is 1. The van der Waals surface area contributed by atoms with Gasteiger partial charge in [-0.1, -0.05) is 12.1 Å². The molecule has 4 heteroatoms. The third-order valence-corrected chi connectivity index (χ3v) is 3.81. The van der Waals surface area contributed by atoms with Gasteiger partial charge >= 0.3 is 0 Å². The second-order valence-electron chi connectivity index (χ2n) is 5.34. The van der Waals surface area contributed by atoms with Gasteiger partial charge in [0.05, 0.1) is 26.0 Å². The topological polar surface area (TPSA) is 41.9 Å². The fraction of sp³-hybridized carbons (Fsp3) is 0.600. The van der Waals surface area contributed by atoms with Gasteiger partial charge in [0.1, 0.15) is 5.75 Å². The van der Waals surface area contributed by atoms with Crippen molar-refractivity contribution < 1.29 is 14.6 Å². The Bertz CT molecular complexity index is 402. The third-order valence-electron chi connectivity index (χ3n) is 3.81. The van der Waals surface area contributed by atoms with Gasteiger partial charge in [0.2, 0.25) is 0 Å². The van der Waals surface area contributed by atoms with Crippen molar-refractivity contribution in [2.45, 2.75) is 12.8 Å². The van der Waals surface area contributed by atoms with Gasteiger partial charge in [-0.15, -0.1) is 0 Å². The molecular formula is C15H23NO3. The van der Waals surface area contributed by atoms with Crippen LogP contribution in [0.3, 0.4) is 0 Å². The molecule has 1 aliphatic rings. The van der Waals surface area contributed by atoms with Crippen molar-refractivity contribution in [1.82, 2.24) is 0 Å². The summed E-state index contributed by atoms with van der Waals surface area (Å²) in [5.74, 6) is 0.856. The number of hydrogen-bond acceptors (Lipinski definition) is 4. The van der Waals surface area contributed by atoms with E-state index in [1.807, 2.05) is 31.3 Å². The van der Waals surface area contributed by atoms with Gasteiger partial charge in [-0.05, 0) is 25.0 Å². The van der Waals surface area contributed by atoms with E-state index in [1.165, 1.54) is 0 Å². The quantitative estimate of drug-likeness (QED) is 0.883. The first-order chi connectivity index (χ1) is 9.21. The van der Waals surface area contributed by atoms with E-state index in [0.717, 1.165) is 37.4 Å². The summed E-state index contributed by atoms with van der Waals surface area (Å²) in [5, 5.41) is 9.73. The molecule has 0 radical (unpaired) electrons. The Balaban J connectivity index is 2.12. The number of ether oxygens (including phenoxy) is 2. The van der Waals surface area contributed by atoms with Crippen LogP contribution >= 0.6 is 0 Å². The van der Waals surface area contributed by atoms with Crippen LogP contribution in [-0.2, 0) is 4.74 Å². The fourth-order valence-corrected chi connectivity index (χ4v) is 2.74. The summed E-state index contributed by atoms with van der Waals surface area (Å²) in [5.41, 5.74) is 0.886. The van der Waals surface area contributed by atoms with Crippen LogP contribution in [0.1, 0.15) is 12.8 Å². The first kappa shape index (κ1) is 14.2. The summed E-state index contributed by atoms with van der Waals surface area (Å²) in [4.78, 5) is 2.14. The van der Waals surface area contributed by atoms with Crippen LogP contribution in [-0.4, -0.2) is 45.6 Å². The number of anilines is 1. The molecule has 2 rings (SSSR count). The maximum absolute atomic E-state index is 9.73. The van der Waals surface area contributed by atoms with E-state index in [-0.39, 0.29) is 12.0 Å². The molecule has 106 valence electrons. The van der Waals surface area contributed by atoms with Crippen molar-refractivity contribution in [2.75, 3.05) is 45.4 Å². The number of nitrogens with zero attached hydrogens (tertiary/aromatic N) is 1. The third kappa shape index (κ3) is 3.19. The molecule has 0 bridgehead atoms. The van der Waals surface area contributed by atoms with Gasteiger partial charge in [-0.25, -0.2) is 0 Å².